The van der Waals surface area contributed by atoms with Gasteiger partial charge in [-0.15, -0.1) is 0 Å². The number of hydrogen-bond donors (Lipinski definition) is 2. The summed E-state index contributed by atoms with van der Waals surface area (Å²) in [5.74, 6) is 0.117. The maximum atomic E-state index is 10.7. The van der Waals surface area contributed by atoms with E-state index in [1.807, 2.05) is 0 Å². The van der Waals surface area contributed by atoms with Crippen LogP contribution in [0.1, 0.15) is 29.1 Å². The van der Waals surface area contributed by atoms with Gasteiger partial charge in [0.1, 0.15) is 5.76 Å². The normalized spacial score (nSPS) is 18.5. The molecule has 1 aromatic heterocycles. The van der Waals surface area contributed by atoms with E-state index in [1.165, 1.54) is 0 Å². The summed E-state index contributed by atoms with van der Waals surface area (Å²) in [6.45, 7) is 0.528. The molecule has 1 aliphatic carbocycles. The zero-order valence-electron chi connectivity index (χ0n) is 7.12. The molecule has 13 heavy (non-hydrogen) atoms. The lowest BCUT2D eigenvalue weighted by molar-refractivity contribution is 0.0991. The lowest BCUT2D eigenvalue weighted by Crippen LogP contribution is -2.19. The molecule has 5 nitrogen and oxygen atoms in total. The predicted octanol–water partition coefficient (Wildman–Crippen LogP) is -0.236. The highest BCUT2D eigenvalue weighted by Crippen LogP contribution is 2.47. The summed E-state index contributed by atoms with van der Waals surface area (Å²) < 4.78 is 5.01. The Morgan fingerprint density at radius 1 is 1.69 bits per heavy atom. The fraction of sp³-hybridized carbons (Fsp3) is 0.500. The van der Waals surface area contributed by atoms with Crippen LogP contribution in [0.3, 0.4) is 0 Å². The van der Waals surface area contributed by atoms with Gasteiger partial charge in [-0.1, -0.05) is 5.16 Å². The van der Waals surface area contributed by atoms with Crippen molar-refractivity contribution in [1.82, 2.24) is 5.16 Å². The van der Waals surface area contributed by atoms with Crippen molar-refractivity contribution in [3.8, 4) is 0 Å². The third-order valence-electron chi connectivity index (χ3n) is 2.53. The zero-order chi connectivity index (χ0) is 9.47. The summed E-state index contributed by atoms with van der Waals surface area (Å²) in [6, 6.07) is 1.59. The Bertz CT molecular complexity index is 341. The van der Waals surface area contributed by atoms with E-state index in [9.17, 15) is 4.79 Å². The third kappa shape index (κ3) is 1.21. The minimum Gasteiger partial charge on any atom is -0.364 e. The second kappa shape index (κ2) is 2.56. The third-order valence-corrected chi connectivity index (χ3v) is 2.53. The molecule has 70 valence electrons. The van der Waals surface area contributed by atoms with Gasteiger partial charge in [-0.3, -0.25) is 4.79 Å². The molecule has 4 N–H and O–H groups in total. The van der Waals surface area contributed by atoms with Crippen LogP contribution >= 0.6 is 0 Å². The molecular weight excluding hydrogens is 170 g/mol. The van der Waals surface area contributed by atoms with Crippen molar-refractivity contribution in [2.45, 2.75) is 18.3 Å². The number of carbonyl (C=O) groups is 1. The second-order valence-corrected chi connectivity index (χ2v) is 3.43. The Hall–Kier alpha value is -1.36. The van der Waals surface area contributed by atoms with Crippen LogP contribution in [-0.4, -0.2) is 17.6 Å². The highest BCUT2D eigenvalue weighted by Gasteiger charge is 2.46. The molecule has 0 radical (unpaired) electrons. The van der Waals surface area contributed by atoms with Gasteiger partial charge in [-0.05, 0) is 12.8 Å². The molecule has 2 rings (SSSR count). The number of nitrogens with zero attached hydrogens (tertiary/aromatic N) is 1. The lowest BCUT2D eigenvalue weighted by atomic mass is 10.0. The van der Waals surface area contributed by atoms with Gasteiger partial charge < -0.3 is 16.0 Å². The van der Waals surface area contributed by atoms with Crippen LogP contribution in [-0.2, 0) is 5.41 Å². The van der Waals surface area contributed by atoms with Gasteiger partial charge in [-0.25, -0.2) is 0 Å². The van der Waals surface area contributed by atoms with Crippen molar-refractivity contribution in [3.63, 3.8) is 0 Å². The van der Waals surface area contributed by atoms with Gasteiger partial charge in [0.05, 0.1) is 0 Å². The molecule has 0 spiro atoms. The Balaban J connectivity index is 2.28. The Kier molecular flexibility index (Phi) is 1.63. The topological polar surface area (TPSA) is 95.1 Å². The molecule has 0 bridgehead atoms. The second-order valence-electron chi connectivity index (χ2n) is 3.43. The molecule has 0 atom stereocenters. The molecule has 0 saturated heterocycles. The van der Waals surface area contributed by atoms with Crippen LogP contribution in [0.25, 0.3) is 0 Å². The fourth-order valence-corrected chi connectivity index (χ4v) is 1.34. The van der Waals surface area contributed by atoms with Gasteiger partial charge in [0, 0.05) is 18.0 Å². The smallest absolute Gasteiger partial charge is 0.270 e. The van der Waals surface area contributed by atoms with Crippen LogP contribution in [0.4, 0.5) is 0 Å². The summed E-state index contributed by atoms with van der Waals surface area (Å²) in [5.41, 5.74) is 10.7. The van der Waals surface area contributed by atoms with Crippen molar-refractivity contribution in [3.05, 3.63) is 17.5 Å². The summed E-state index contributed by atoms with van der Waals surface area (Å²) in [6.07, 6.45) is 1.99. The molecule has 1 saturated carbocycles. The zero-order valence-corrected chi connectivity index (χ0v) is 7.12. The van der Waals surface area contributed by atoms with E-state index in [1.54, 1.807) is 6.07 Å². The van der Waals surface area contributed by atoms with Crippen LogP contribution in [0.2, 0.25) is 0 Å². The first-order valence-electron chi connectivity index (χ1n) is 4.15. The molecule has 0 unspecified atom stereocenters. The number of carbonyl (C=O) groups excluding carboxylic acids is 1. The first-order chi connectivity index (χ1) is 6.18. The first-order valence-corrected chi connectivity index (χ1v) is 4.15. The molecule has 1 amide bonds. The largest absolute Gasteiger partial charge is 0.364 e. The predicted molar refractivity (Wildman–Crippen MR) is 45.0 cm³/mol. The Morgan fingerprint density at radius 3 is 2.77 bits per heavy atom. The first kappa shape index (κ1) is 8.25. The van der Waals surface area contributed by atoms with Gasteiger partial charge >= 0.3 is 0 Å². The van der Waals surface area contributed by atoms with Gasteiger partial charge in [0.15, 0.2) is 5.69 Å². The van der Waals surface area contributed by atoms with E-state index >= 15 is 0 Å². The maximum Gasteiger partial charge on any atom is 0.270 e. The van der Waals surface area contributed by atoms with E-state index < -0.39 is 5.91 Å². The van der Waals surface area contributed by atoms with E-state index in [0.717, 1.165) is 12.8 Å². The van der Waals surface area contributed by atoms with Crippen molar-refractivity contribution in [2.24, 2.45) is 11.5 Å². The van der Waals surface area contributed by atoms with Crippen molar-refractivity contribution in [2.75, 3.05) is 6.54 Å². The van der Waals surface area contributed by atoms with E-state index in [2.05, 4.69) is 5.16 Å². The van der Waals surface area contributed by atoms with Crippen LogP contribution < -0.4 is 11.5 Å². The lowest BCUT2D eigenvalue weighted by Gasteiger charge is -2.04. The number of hydrogen-bond acceptors (Lipinski definition) is 4. The average molecular weight is 181 g/mol. The summed E-state index contributed by atoms with van der Waals surface area (Å²) in [5, 5.41) is 3.56. The molecule has 0 aliphatic heterocycles. The van der Waals surface area contributed by atoms with E-state index in [-0.39, 0.29) is 11.1 Å². The fourth-order valence-electron chi connectivity index (χ4n) is 1.34. The molecule has 0 aromatic carbocycles. The summed E-state index contributed by atoms with van der Waals surface area (Å²) in [7, 11) is 0. The molecule has 1 aromatic rings. The number of primary amides is 1. The van der Waals surface area contributed by atoms with E-state index in [0.29, 0.717) is 12.3 Å². The number of nitrogens with two attached hydrogens (primary N) is 2. The highest BCUT2D eigenvalue weighted by molar-refractivity contribution is 5.90. The summed E-state index contributed by atoms with van der Waals surface area (Å²) >= 11 is 0. The van der Waals surface area contributed by atoms with Crippen LogP contribution in [0.5, 0.6) is 0 Å². The van der Waals surface area contributed by atoms with Crippen molar-refractivity contribution in [1.29, 1.82) is 0 Å². The number of rotatable bonds is 3. The van der Waals surface area contributed by atoms with Crippen LogP contribution in [0.15, 0.2) is 10.6 Å². The van der Waals surface area contributed by atoms with E-state index in [4.69, 9.17) is 16.0 Å². The summed E-state index contributed by atoms with van der Waals surface area (Å²) in [4.78, 5) is 10.7. The SMILES string of the molecule is NCC1(c2cc(C(N)=O)no2)CC1. The minimum atomic E-state index is -0.567. The maximum absolute atomic E-state index is 10.7. The highest BCUT2D eigenvalue weighted by atomic mass is 16.5. The molecule has 1 aliphatic rings. The standard InChI is InChI=1S/C8H11N3O2/c9-4-8(1-2-8)6-3-5(7(10)12)11-13-6/h3H,1-2,4,9H2,(H2,10,12). The average Bonchev–Trinajstić information content (AvgIpc) is 2.75. The van der Waals surface area contributed by atoms with Gasteiger partial charge in [0.25, 0.3) is 5.91 Å². The van der Waals surface area contributed by atoms with Crippen LogP contribution in [0, 0.1) is 0 Å². The van der Waals surface area contributed by atoms with Crippen molar-refractivity contribution < 1.29 is 9.32 Å². The Labute approximate surface area is 75.1 Å². The van der Waals surface area contributed by atoms with Gasteiger partial charge in [-0.2, -0.15) is 0 Å². The number of aromatic nitrogens is 1. The molecule has 1 fully saturated rings. The van der Waals surface area contributed by atoms with Crippen molar-refractivity contribution >= 4 is 5.91 Å². The number of amides is 1. The van der Waals surface area contributed by atoms with Gasteiger partial charge in [0.2, 0.25) is 0 Å². The Morgan fingerprint density at radius 2 is 2.38 bits per heavy atom. The molecule has 5 heteroatoms. The molecule has 1 heterocycles. The monoisotopic (exact) mass is 181 g/mol. The molecular formula is C8H11N3O2. The quantitative estimate of drug-likeness (QED) is 0.672. The minimum absolute atomic E-state index is 0.0688.